The maximum atomic E-state index is 12.0. The number of carbonyl (C=O) groups excluding carboxylic acids is 2. The molecule has 0 radical (unpaired) electrons. The second-order valence-corrected chi connectivity index (χ2v) is 6.30. The van der Waals surface area contributed by atoms with E-state index >= 15 is 0 Å². The summed E-state index contributed by atoms with van der Waals surface area (Å²) in [6, 6.07) is 11.3. The number of esters is 1. The Bertz CT molecular complexity index is 749. The first-order valence-corrected chi connectivity index (χ1v) is 8.73. The number of hydrogen-bond donors (Lipinski definition) is 1. The lowest BCUT2D eigenvalue weighted by Gasteiger charge is -2.17. The quantitative estimate of drug-likeness (QED) is 0.554. The number of rotatable bonds is 7. The van der Waals surface area contributed by atoms with Gasteiger partial charge in [-0.15, -0.1) is 0 Å². The fourth-order valence-corrected chi connectivity index (χ4v) is 2.53. The number of carbonyl (C=O) groups is 2. The van der Waals surface area contributed by atoms with Gasteiger partial charge in [0.25, 0.3) is 5.91 Å². The van der Waals surface area contributed by atoms with Crippen molar-refractivity contribution < 1.29 is 18.7 Å². The Morgan fingerprint density at radius 2 is 1.96 bits per heavy atom. The molecule has 132 valence electrons. The zero-order valence-corrected chi connectivity index (χ0v) is 15.7. The average molecular weight is 406 g/mol. The van der Waals surface area contributed by atoms with Crippen molar-refractivity contribution in [1.29, 1.82) is 0 Å². The molecule has 1 aromatic heterocycles. The van der Waals surface area contributed by atoms with E-state index in [1.54, 1.807) is 12.1 Å². The number of nitrogens with one attached hydrogen (secondary N) is 1. The number of aryl methyl sites for hydroxylation is 1. The van der Waals surface area contributed by atoms with Gasteiger partial charge < -0.3 is 14.5 Å². The molecule has 1 aromatic carbocycles. The summed E-state index contributed by atoms with van der Waals surface area (Å²) in [5.41, 5.74) is 2.19. The summed E-state index contributed by atoms with van der Waals surface area (Å²) in [6.07, 6.45) is 3.44. The first-order valence-electron chi connectivity index (χ1n) is 7.94. The van der Waals surface area contributed by atoms with E-state index in [-0.39, 0.29) is 18.6 Å². The number of furan rings is 1. The molecular weight excluding hydrogens is 386 g/mol. The number of ether oxygens (including phenoxy) is 1. The van der Waals surface area contributed by atoms with Gasteiger partial charge in [0, 0.05) is 6.08 Å². The predicted octanol–water partition coefficient (Wildman–Crippen LogP) is 4.17. The Labute approximate surface area is 155 Å². The van der Waals surface area contributed by atoms with Gasteiger partial charge >= 0.3 is 5.97 Å². The molecule has 25 heavy (non-hydrogen) atoms. The molecule has 0 saturated carbocycles. The zero-order chi connectivity index (χ0) is 18.2. The molecule has 2 aromatic rings. The van der Waals surface area contributed by atoms with Crippen LogP contribution in [-0.4, -0.2) is 18.5 Å². The van der Waals surface area contributed by atoms with Gasteiger partial charge in [-0.2, -0.15) is 0 Å². The first kappa shape index (κ1) is 19.0. The average Bonchev–Trinajstić information content (AvgIpc) is 3.02. The van der Waals surface area contributed by atoms with Gasteiger partial charge in [0.15, 0.2) is 11.3 Å². The fourth-order valence-electron chi connectivity index (χ4n) is 2.21. The minimum atomic E-state index is -0.606. The highest BCUT2D eigenvalue weighted by Gasteiger charge is 2.13. The van der Waals surface area contributed by atoms with Gasteiger partial charge in [-0.3, -0.25) is 4.79 Å². The van der Waals surface area contributed by atoms with Crippen LogP contribution in [0.3, 0.4) is 0 Å². The third kappa shape index (κ3) is 6.23. The van der Waals surface area contributed by atoms with Crippen LogP contribution in [0.2, 0.25) is 0 Å². The predicted molar refractivity (Wildman–Crippen MR) is 98.8 cm³/mol. The maximum absolute atomic E-state index is 12.0. The number of halogens is 1. The highest BCUT2D eigenvalue weighted by molar-refractivity contribution is 9.10. The second kappa shape index (κ2) is 9.22. The van der Waals surface area contributed by atoms with Crippen molar-refractivity contribution in [1.82, 2.24) is 5.32 Å². The van der Waals surface area contributed by atoms with Gasteiger partial charge in [-0.25, -0.2) is 4.79 Å². The smallest absolute Gasteiger partial charge is 0.331 e. The summed E-state index contributed by atoms with van der Waals surface area (Å²) >= 11 is 3.17. The van der Waals surface area contributed by atoms with Crippen molar-refractivity contribution in [2.75, 3.05) is 6.61 Å². The van der Waals surface area contributed by atoms with Crippen LogP contribution in [0.15, 0.2) is 51.6 Å². The van der Waals surface area contributed by atoms with Gasteiger partial charge in [-0.1, -0.05) is 36.8 Å². The molecule has 2 rings (SSSR count). The molecule has 5 nitrogen and oxygen atoms in total. The minimum Gasteiger partial charge on any atom is -0.452 e. The van der Waals surface area contributed by atoms with Gasteiger partial charge in [-0.05, 0) is 53.0 Å². The van der Waals surface area contributed by atoms with Crippen molar-refractivity contribution in [3.05, 3.63) is 64.0 Å². The fraction of sp³-hybridized carbons (Fsp3) is 0.263. The Hall–Kier alpha value is -2.34. The van der Waals surface area contributed by atoms with Gasteiger partial charge in [0.2, 0.25) is 0 Å². The van der Waals surface area contributed by atoms with Crippen LogP contribution in [0.25, 0.3) is 6.08 Å². The molecule has 0 aliphatic rings. The van der Waals surface area contributed by atoms with Crippen LogP contribution in [0.5, 0.6) is 0 Å². The van der Waals surface area contributed by atoms with Gasteiger partial charge in [0.05, 0.1) is 6.04 Å². The van der Waals surface area contributed by atoms with E-state index in [0.717, 1.165) is 17.5 Å². The van der Waals surface area contributed by atoms with Crippen LogP contribution < -0.4 is 5.32 Å². The molecule has 0 fully saturated rings. The van der Waals surface area contributed by atoms with Crippen LogP contribution in [0.1, 0.15) is 36.3 Å². The lowest BCUT2D eigenvalue weighted by Crippen LogP contribution is -2.32. The monoisotopic (exact) mass is 405 g/mol. The van der Waals surface area contributed by atoms with Crippen molar-refractivity contribution in [2.45, 2.75) is 26.3 Å². The van der Waals surface area contributed by atoms with E-state index in [1.165, 1.54) is 12.2 Å². The molecule has 1 heterocycles. The molecule has 0 bridgehead atoms. The Morgan fingerprint density at radius 1 is 1.24 bits per heavy atom. The SMILES string of the molecule is CC[C@H](NC(=O)COC(=O)/C=C/c1ccc(Br)o1)c1ccc(C)cc1. The van der Waals surface area contributed by atoms with E-state index in [9.17, 15) is 9.59 Å². The van der Waals surface area contributed by atoms with E-state index in [4.69, 9.17) is 9.15 Å². The van der Waals surface area contributed by atoms with Crippen LogP contribution in [0.4, 0.5) is 0 Å². The van der Waals surface area contributed by atoms with Crippen molar-refractivity contribution in [3.8, 4) is 0 Å². The molecule has 1 amide bonds. The highest BCUT2D eigenvalue weighted by Crippen LogP contribution is 2.17. The van der Waals surface area contributed by atoms with Gasteiger partial charge in [0.1, 0.15) is 5.76 Å². The van der Waals surface area contributed by atoms with E-state index in [1.807, 2.05) is 38.1 Å². The number of amides is 1. The largest absolute Gasteiger partial charge is 0.452 e. The summed E-state index contributed by atoms with van der Waals surface area (Å²) in [4.78, 5) is 23.6. The first-order chi connectivity index (χ1) is 12.0. The molecule has 0 aliphatic carbocycles. The topological polar surface area (TPSA) is 68.5 Å². The van der Waals surface area contributed by atoms with Crippen LogP contribution in [0, 0.1) is 6.92 Å². The lowest BCUT2D eigenvalue weighted by atomic mass is 10.0. The lowest BCUT2D eigenvalue weighted by molar-refractivity contribution is -0.144. The molecular formula is C19H20BrNO4. The van der Waals surface area contributed by atoms with Crippen molar-refractivity contribution >= 4 is 33.9 Å². The normalized spacial score (nSPS) is 12.1. The summed E-state index contributed by atoms with van der Waals surface area (Å²) in [6.45, 7) is 3.67. The highest BCUT2D eigenvalue weighted by atomic mass is 79.9. The minimum absolute atomic E-state index is 0.109. The molecule has 1 N–H and O–H groups in total. The molecule has 0 spiro atoms. The second-order valence-electron chi connectivity index (χ2n) is 5.52. The van der Waals surface area contributed by atoms with E-state index in [0.29, 0.717) is 10.4 Å². The molecule has 1 atom stereocenters. The number of hydrogen-bond acceptors (Lipinski definition) is 4. The zero-order valence-electron chi connectivity index (χ0n) is 14.1. The standard InChI is InChI=1S/C19H20BrNO4/c1-3-16(14-6-4-13(2)5-7-14)21-18(22)12-24-19(23)11-9-15-8-10-17(20)25-15/h4-11,16H,3,12H2,1-2H3,(H,21,22)/b11-9+/t16-/m0/s1. The summed E-state index contributed by atoms with van der Waals surface area (Å²) in [7, 11) is 0. The third-order valence-corrected chi connectivity index (χ3v) is 3.97. The van der Waals surface area contributed by atoms with E-state index < -0.39 is 5.97 Å². The molecule has 0 saturated heterocycles. The number of benzene rings is 1. The van der Waals surface area contributed by atoms with E-state index in [2.05, 4.69) is 21.2 Å². The van der Waals surface area contributed by atoms with Crippen LogP contribution in [-0.2, 0) is 14.3 Å². The molecule has 0 aliphatic heterocycles. The summed E-state index contributed by atoms with van der Waals surface area (Å²) < 4.78 is 10.7. The Morgan fingerprint density at radius 3 is 2.56 bits per heavy atom. The van der Waals surface area contributed by atoms with Crippen LogP contribution >= 0.6 is 15.9 Å². The Kier molecular flexibility index (Phi) is 7.01. The third-order valence-electron chi connectivity index (χ3n) is 3.55. The summed E-state index contributed by atoms with van der Waals surface area (Å²) in [5.74, 6) is -0.431. The van der Waals surface area contributed by atoms with Crippen molar-refractivity contribution in [3.63, 3.8) is 0 Å². The maximum Gasteiger partial charge on any atom is 0.331 e. The summed E-state index contributed by atoms with van der Waals surface area (Å²) in [5, 5.41) is 2.87. The Balaban J connectivity index is 1.81. The molecule has 6 heteroatoms. The van der Waals surface area contributed by atoms with Crippen molar-refractivity contribution in [2.24, 2.45) is 0 Å². The molecule has 0 unspecified atom stereocenters.